The van der Waals surface area contributed by atoms with E-state index in [2.05, 4.69) is 31.0 Å². The van der Waals surface area contributed by atoms with Gasteiger partial charge in [-0.15, -0.1) is 0 Å². The van der Waals surface area contributed by atoms with Gasteiger partial charge in [-0.2, -0.15) is 0 Å². The molecule has 2 atom stereocenters. The molecule has 3 heteroatoms. The lowest BCUT2D eigenvalue weighted by Crippen LogP contribution is -2.46. The first-order valence-corrected chi connectivity index (χ1v) is 7.68. The highest BCUT2D eigenvalue weighted by atomic mass is 16.3. The zero-order valence-electron chi connectivity index (χ0n) is 12.7. The number of nitrogens with zero attached hydrogens (tertiary/aromatic N) is 1. The summed E-state index contributed by atoms with van der Waals surface area (Å²) in [6, 6.07) is 0.648. The van der Waals surface area contributed by atoms with Gasteiger partial charge in [0, 0.05) is 18.1 Å². The van der Waals surface area contributed by atoms with Crippen molar-refractivity contribution in [2.75, 3.05) is 26.7 Å². The Morgan fingerprint density at radius 3 is 2.39 bits per heavy atom. The summed E-state index contributed by atoms with van der Waals surface area (Å²) in [5.41, 5.74) is -0.0218. The Bertz CT molecular complexity index is 225. The van der Waals surface area contributed by atoms with Crippen LogP contribution in [0, 0.1) is 5.92 Å². The fourth-order valence-electron chi connectivity index (χ4n) is 3.27. The molecule has 0 spiro atoms. The van der Waals surface area contributed by atoms with E-state index in [9.17, 15) is 5.11 Å². The standard InChI is InChI=1S/C15H32N2O/c1-5-13(6-2)11-17(7-3)14-8-9-15(10-14,12-18)16-4/h13-14,16,18H,5-12H2,1-4H3. The molecule has 2 unspecified atom stereocenters. The van der Waals surface area contributed by atoms with Crippen molar-refractivity contribution in [3.63, 3.8) is 0 Å². The number of rotatable bonds is 8. The predicted molar refractivity (Wildman–Crippen MR) is 77.8 cm³/mol. The van der Waals surface area contributed by atoms with Crippen molar-refractivity contribution in [1.82, 2.24) is 10.2 Å². The second-order valence-electron chi connectivity index (χ2n) is 5.86. The predicted octanol–water partition coefficient (Wildman–Crippen LogP) is 2.25. The molecule has 0 aromatic rings. The van der Waals surface area contributed by atoms with E-state index in [1.165, 1.54) is 25.8 Å². The molecule has 1 aliphatic rings. The molecule has 18 heavy (non-hydrogen) atoms. The summed E-state index contributed by atoms with van der Waals surface area (Å²) in [5.74, 6) is 0.823. The molecule has 1 saturated carbocycles. The molecule has 0 radical (unpaired) electrons. The van der Waals surface area contributed by atoms with Crippen LogP contribution in [0.3, 0.4) is 0 Å². The maximum Gasteiger partial charge on any atom is 0.0613 e. The second-order valence-corrected chi connectivity index (χ2v) is 5.86. The van der Waals surface area contributed by atoms with E-state index < -0.39 is 0 Å². The molecular formula is C15H32N2O. The number of likely N-dealkylation sites (N-methyl/N-ethyl adjacent to an activating group) is 1. The van der Waals surface area contributed by atoms with Crippen LogP contribution < -0.4 is 5.32 Å². The van der Waals surface area contributed by atoms with E-state index in [1.54, 1.807) is 0 Å². The monoisotopic (exact) mass is 256 g/mol. The van der Waals surface area contributed by atoms with Crippen molar-refractivity contribution in [2.45, 2.75) is 64.5 Å². The fourth-order valence-corrected chi connectivity index (χ4v) is 3.27. The van der Waals surface area contributed by atoms with Crippen molar-refractivity contribution in [1.29, 1.82) is 0 Å². The topological polar surface area (TPSA) is 35.5 Å². The molecule has 0 saturated heterocycles. The third-order valence-electron chi connectivity index (χ3n) is 4.99. The van der Waals surface area contributed by atoms with E-state index in [0.717, 1.165) is 25.3 Å². The SMILES string of the molecule is CCC(CC)CN(CC)C1CCC(CO)(NC)C1. The van der Waals surface area contributed by atoms with E-state index in [0.29, 0.717) is 6.04 Å². The Morgan fingerprint density at radius 1 is 1.33 bits per heavy atom. The van der Waals surface area contributed by atoms with Gasteiger partial charge in [0.2, 0.25) is 0 Å². The van der Waals surface area contributed by atoms with Crippen LogP contribution in [0.5, 0.6) is 0 Å². The maximum absolute atomic E-state index is 9.58. The smallest absolute Gasteiger partial charge is 0.0613 e. The normalized spacial score (nSPS) is 28.5. The van der Waals surface area contributed by atoms with Crippen molar-refractivity contribution in [3.8, 4) is 0 Å². The highest BCUT2D eigenvalue weighted by molar-refractivity contribution is 4.98. The van der Waals surface area contributed by atoms with Crippen molar-refractivity contribution < 1.29 is 5.11 Å². The number of hydrogen-bond donors (Lipinski definition) is 2. The van der Waals surface area contributed by atoms with Gasteiger partial charge in [-0.1, -0.05) is 33.6 Å². The van der Waals surface area contributed by atoms with Crippen LogP contribution in [0.15, 0.2) is 0 Å². The molecule has 1 rings (SSSR count). The molecule has 0 amide bonds. The molecule has 0 aromatic carbocycles. The van der Waals surface area contributed by atoms with Gasteiger partial charge >= 0.3 is 0 Å². The molecule has 3 nitrogen and oxygen atoms in total. The Balaban J connectivity index is 2.57. The first-order valence-electron chi connectivity index (χ1n) is 7.68. The Labute approximate surface area is 113 Å². The second kappa shape index (κ2) is 7.46. The lowest BCUT2D eigenvalue weighted by atomic mass is 9.98. The fraction of sp³-hybridized carbons (Fsp3) is 1.00. The van der Waals surface area contributed by atoms with Gasteiger partial charge in [0.1, 0.15) is 0 Å². The van der Waals surface area contributed by atoms with E-state index in [-0.39, 0.29) is 12.1 Å². The van der Waals surface area contributed by atoms with Crippen LogP contribution >= 0.6 is 0 Å². The Kier molecular flexibility index (Phi) is 6.61. The van der Waals surface area contributed by atoms with Crippen LogP contribution in [-0.2, 0) is 0 Å². The van der Waals surface area contributed by atoms with E-state index in [1.807, 2.05) is 7.05 Å². The number of aliphatic hydroxyl groups is 1. The minimum atomic E-state index is -0.0218. The van der Waals surface area contributed by atoms with Crippen LogP contribution in [0.1, 0.15) is 52.9 Å². The van der Waals surface area contributed by atoms with Gasteiger partial charge in [0.05, 0.1) is 6.61 Å². The molecule has 1 fully saturated rings. The molecule has 0 heterocycles. The van der Waals surface area contributed by atoms with Crippen molar-refractivity contribution in [2.24, 2.45) is 5.92 Å². The largest absolute Gasteiger partial charge is 0.394 e. The van der Waals surface area contributed by atoms with Crippen molar-refractivity contribution >= 4 is 0 Å². The highest BCUT2D eigenvalue weighted by Gasteiger charge is 2.39. The summed E-state index contributed by atoms with van der Waals surface area (Å²) < 4.78 is 0. The maximum atomic E-state index is 9.58. The quantitative estimate of drug-likeness (QED) is 0.699. The lowest BCUT2D eigenvalue weighted by Gasteiger charge is -2.33. The van der Waals surface area contributed by atoms with Crippen molar-refractivity contribution in [3.05, 3.63) is 0 Å². The lowest BCUT2D eigenvalue weighted by molar-refractivity contribution is 0.138. The van der Waals surface area contributed by atoms with Crippen LogP contribution in [0.2, 0.25) is 0 Å². The summed E-state index contributed by atoms with van der Waals surface area (Å²) in [6.45, 7) is 9.47. The van der Waals surface area contributed by atoms with Gasteiger partial charge < -0.3 is 15.3 Å². The summed E-state index contributed by atoms with van der Waals surface area (Å²) in [6.07, 6.45) is 5.96. The van der Waals surface area contributed by atoms with Crippen LogP contribution in [-0.4, -0.2) is 48.3 Å². The summed E-state index contributed by atoms with van der Waals surface area (Å²) in [7, 11) is 1.98. The average molecular weight is 256 g/mol. The molecule has 0 aromatic heterocycles. The van der Waals surface area contributed by atoms with Crippen LogP contribution in [0.25, 0.3) is 0 Å². The zero-order chi connectivity index (χ0) is 13.6. The third kappa shape index (κ3) is 3.69. The molecule has 0 bridgehead atoms. The highest BCUT2D eigenvalue weighted by Crippen LogP contribution is 2.33. The number of hydrogen-bond acceptors (Lipinski definition) is 3. The van der Waals surface area contributed by atoms with E-state index in [4.69, 9.17) is 0 Å². The van der Waals surface area contributed by atoms with Gasteiger partial charge in [0.25, 0.3) is 0 Å². The molecule has 1 aliphatic carbocycles. The Morgan fingerprint density at radius 2 is 2.00 bits per heavy atom. The van der Waals surface area contributed by atoms with Gasteiger partial charge in [0.15, 0.2) is 0 Å². The van der Waals surface area contributed by atoms with Gasteiger partial charge in [-0.25, -0.2) is 0 Å². The Hall–Kier alpha value is -0.120. The number of nitrogens with one attached hydrogen (secondary N) is 1. The van der Waals surface area contributed by atoms with Gasteiger partial charge in [-0.3, -0.25) is 0 Å². The van der Waals surface area contributed by atoms with Gasteiger partial charge in [-0.05, 0) is 38.8 Å². The summed E-state index contributed by atoms with van der Waals surface area (Å²) >= 11 is 0. The molecule has 2 N–H and O–H groups in total. The third-order valence-corrected chi connectivity index (χ3v) is 4.99. The minimum Gasteiger partial charge on any atom is -0.394 e. The molecule has 108 valence electrons. The van der Waals surface area contributed by atoms with E-state index >= 15 is 0 Å². The average Bonchev–Trinajstić information content (AvgIpc) is 2.85. The molecular weight excluding hydrogens is 224 g/mol. The number of aliphatic hydroxyl groups excluding tert-OH is 1. The first-order chi connectivity index (χ1) is 8.64. The molecule has 0 aliphatic heterocycles. The zero-order valence-corrected chi connectivity index (χ0v) is 12.7. The minimum absolute atomic E-state index is 0.0218. The first kappa shape index (κ1) is 15.9. The summed E-state index contributed by atoms with van der Waals surface area (Å²) in [5, 5.41) is 12.9. The summed E-state index contributed by atoms with van der Waals surface area (Å²) in [4.78, 5) is 2.63. The van der Waals surface area contributed by atoms with Crippen LogP contribution in [0.4, 0.5) is 0 Å².